The van der Waals surface area contributed by atoms with Gasteiger partial charge in [0.2, 0.25) is 5.91 Å². The largest absolute Gasteiger partial charge is 0.419 e. The predicted octanol–water partition coefficient (Wildman–Crippen LogP) is 0.453. The minimum absolute atomic E-state index is 0.0312. The number of benzene rings is 1. The normalized spacial score (nSPS) is 15.6. The van der Waals surface area contributed by atoms with E-state index in [-0.39, 0.29) is 29.9 Å². The van der Waals surface area contributed by atoms with E-state index in [1.54, 1.807) is 36.2 Å². The maximum atomic E-state index is 13.0. The number of aryl methyl sites for hydroxylation is 1. The van der Waals surface area contributed by atoms with Gasteiger partial charge < -0.3 is 20.0 Å². The Morgan fingerprint density at radius 1 is 1.17 bits per heavy atom. The van der Waals surface area contributed by atoms with Gasteiger partial charge in [-0.05, 0) is 31.5 Å². The van der Waals surface area contributed by atoms with E-state index in [2.05, 4.69) is 20.7 Å². The van der Waals surface area contributed by atoms with Crippen LogP contribution < -0.4 is 16.4 Å². The van der Waals surface area contributed by atoms with Crippen LogP contribution in [0.4, 0.5) is 0 Å². The number of hydrogen-bond acceptors (Lipinski definition) is 7. The van der Waals surface area contributed by atoms with E-state index < -0.39 is 23.6 Å². The van der Waals surface area contributed by atoms with Crippen LogP contribution >= 0.6 is 0 Å². The second-order valence-corrected chi connectivity index (χ2v) is 8.65. The number of oxazole rings is 1. The molecule has 1 fully saturated rings. The van der Waals surface area contributed by atoms with Crippen LogP contribution in [0.15, 0.2) is 45.7 Å². The minimum atomic E-state index is -0.616. The highest BCUT2D eigenvalue weighted by atomic mass is 16.4. The Morgan fingerprint density at radius 2 is 1.97 bits per heavy atom. The minimum Gasteiger partial charge on any atom is -0.408 e. The van der Waals surface area contributed by atoms with Gasteiger partial charge in [0.1, 0.15) is 17.4 Å². The van der Waals surface area contributed by atoms with Crippen LogP contribution in [0.1, 0.15) is 40.4 Å². The zero-order chi connectivity index (χ0) is 24.9. The highest BCUT2D eigenvalue weighted by Gasteiger charge is 2.39. The number of rotatable bonds is 6. The Bertz CT molecular complexity index is 1550. The summed E-state index contributed by atoms with van der Waals surface area (Å²) in [5.74, 6) is -1.63. The topological polar surface area (TPSA) is 144 Å². The molecule has 0 unspecified atom stereocenters. The molecule has 4 heterocycles. The van der Waals surface area contributed by atoms with Gasteiger partial charge in [-0.1, -0.05) is 6.07 Å². The first-order chi connectivity index (χ1) is 16.7. The number of likely N-dealkylation sites (tertiary alicyclic amines) is 1. The van der Waals surface area contributed by atoms with Crippen LogP contribution in [0.3, 0.4) is 0 Å². The first-order valence-corrected chi connectivity index (χ1v) is 11.1. The van der Waals surface area contributed by atoms with E-state index in [4.69, 9.17) is 4.42 Å². The van der Waals surface area contributed by atoms with Crippen LogP contribution in [-0.2, 0) is 18.4 Å². The fourth-order valence-corrected chi connectivity index (χ4v) is 4.00. The number of amides is 3. The van der Waals surface area contributed by atoms with Crippen molar-refractivity contribution in [3.05, 3.63) is 64.0 Å². The maximum absolute atomic E-state index is 13.0. The molecule has 3 amide bonds. The highest BCUT2D eigenvalue weighted by Crippen LogP contribution is 2.16. The van der Waals surface area contributed by atoms with Crippen molar-refractivity contribution < 1.29 is 18.8 Å². The quantitative estimate of drug-likeness (QED) is 0.384. The second kappa shape index (κ2) is 8.38. The van der Waals surface area contributed by atoms with Gasteiger partial charge in [0.05, 0.1) is 18.3 Å². The molecule has 0 bridgehead atoms. The van der Waals surface area contributed by atoms with Crippen molar-refractivity contribution >= 4 is 34.5 Å². The van der Waals surface area contributed by atoms with E-state index in [1.807, 2.05) is 13.8 Å². The molecule has 2 N–H and O–H groups in total. The number of hydrogen-bond donors (Lipinski definition) is 2. The molecule has 12 heteroatoms. The van der Waals surface area contributed by atoms with Crippen molar-refractivity contribution in [3.63, 3.8) is 0 Å². The molecule has 180 valence electrons. The maximum Gasteiger partial charge on any atom is 0.419 e. The molecule has 5 rings (SSSR count). The van der Waals surface area contributed by atoms with Gasteiger partial charge in [0.25, 0.3) is 11.8 Å². The lowest BCUT2D eigenvalue weighted by Gasteiger charge is -2.41. The third-order valence-electron chi connectivity index (χ3n) is 6.02. The number of nitrogens with one attached hydrogen (secondary N) is 2. The molecule has 35 heavy (non-hydrogen) atoms. The van der Waals surface area contributed by atoms with E-state index in [0.717, 1.165) is 5.56 Å². The van der Waals surface area contributed by atoms with Crippen molar-refractivity contribution in [2.24, 2.45) is 7.05 Å². The Labute approximate surface area is 198 Å². The summed E-state index contributed by atoms with van der Waals surface area (Å²) in [6.45, 7) is 4.41. The molecule has 1 saturated heterocycles. The average molecular weight is 477 g/mol. The van der Waals surface area contributed by atoms with Gasteiger partial charge in [0.15, 0.2) is 11.2 Å². The fourth-order valence-electron chi connectivity index (χ4n) is 4.00. The molecule has 12 nitrogen and oxygen atoms in total. The lowest BCUT2D eigenvalue weighted by molar-refractivity contribution is -0.145. The summed E-state index contributed by atoms with van der Waals surface area (Å²) in [4.78, 5) is 55.8. The van der Waals surface area contributed by atoms with E-state index >= 15 is 0 Å². The van der Waals surface area contributed by atoms with Crippen molar-refractivity contribution in [1.82, 2.24) is 34.7 Å². The average Bonchev–Trinajstić information content (AvgIpc) is 3.42. The molecule has 0 spiro atoms. The molecule has 0 saturated carbocycles. The SMILES string of the molecule is CC(C)N1C[C@H](NC(=O)c2cc(C(=O)NCc3ccc4oc(=O)n(C)c4c3)nc3ccnn23)C1=O. The van der Waals surface area contributed by atoms with E-state index in [0.29, 0.717) is 23.3 Å². The Balaban J connectivity index is 1.34. The van der Waals surface area contributed by atoms with Crippen molar-refractivity contribution in [1.29, 1.82) is 0 Å². The molecule has 1 aliphatic heterocycles. The van der Waals surface area contributed by atoms with Crippen LogP contribution in [-0.4, -0.2) is 60.4 Å². The van der Waals surface area contributed by atoms with Crippen molar-refractivity contribution in [2.75, 3.05) is 6.54 Å². The van der Waals surface area contributed by atoms with Crippen LogP contribution in [0.25, 0.3) is 16.7 Å². The summed E-state index contributed by atoms with van der Waals surface area (Å²) in [7, 11) is 1.60. The molecule has 1 aliphatic rings. The molecule has 4 aromatic rings. The number of β-lactam (4-membered cyclic amide) rings is 1. The van der Waals surface area contributed by atoms with Crippen LogP contribution in [0.2, 0.25) is 0 Å². The first kappa shape index (κ1) is 22.3. The standard InChI is InChI=1S/C23H23N7O5/c1-12(2)29-11-15(22(29)33)27-21(32)17-9-14(26-19-6-7-25-30(17)19)20(31)24-10-13-4-5-18-16(8-13)28(3)23(34)35-18/h4-9,12,15H,10-11H2,1-3H3,(H,24,31)(H,27,32)/t15-/m0/s1. The summed E-state index contributed by atoms with van der Waals surface area (Å²) in [5.41, 5.74) is 2.27. The van der Waals surface area contributed by atoms with Gasteiger partial charge in [0, 0.05) is 31.8 Å². The number of fused-ring (bicyclic) bond motifs is 2. The fraction of sp³-hybridized carbons (Fsp3) is 0.304. The van der Waals surface area contributed by atoms with Gasteiger partial charge in [-0.15, -0.1) is 0 Å². The summed E-state index contributed by atoms with van der Waals surface area (Å²) in [6.07, 6.45) is 1.47. The van der Waals surface area contributed by atoms with Gasteiger partial charge in [-0.25, -0.2) is 14.3 Å². The van der Waals surface area contributed by atoms with Crippen LogP contribution in [0, 0.1) is 0 Å². The molecular formula is C23H23N7O5. The third kappa shape index (κ3) is 3.92. The Kier molecular flexibility index (Phi) is 5.35. The smallest absolute Gasteiger partial charge is 0.408 e. The van der Waals surface area contributed by atoms with Crippen molar-refractivity contribution in [3.8, 4) is 0 Å². The Morgan fingerprint density at radius 3 is 2.71 bits per heavy atom. The zero-order valence-corrected chi connectivity index (χ0v) is 19.3. The number of carbonyl (C=O) groups is 3. The molecular weight excluding hydrogens is 454 g/mol. The third-order valence-corrected chi connectivity index (χ3v) is 6.02. The molecule has 0 radical (unpaired) electrons. The predicted molar refractivity (Wildman–Crippen MR) is 124 cm³/mol. The summed E-state index contributed by atoms with van der Waals surface area (Å²) in [5, 5.41) is 9.60. The summed E-state index contributed by atoms with van der Waals surface area (Å²) < 4.78 is 7.83. The van der Waals surface area contributed by atoms with Gasteiger partial charge in [-0.3, -0.25) is 19.0 Å². The zero-order valence-electron chi connectivity index (χ0n) is 19.3. The van der Waals surface area contributed by atoms with E-state index in [9.17, 15) is 19.2 Å². The molecule has 1 atom stereocenters. The van der Waals surface area contributed by atoms with Crippen molar-refractivity contribution in [2.45, 2.75) is 32.5 Å². The molecule has 3 aromatic heterocycles. The summed E-state index contributed by atoms with van der Waals surface area (Å²) >= 11 is 0. The monoisotopic (exact) mass is 477 g/mol. The van der Waals surface area contributed by atoms with E-state index in [1.165, 1.54) is 21.3 Å². The van der Waals surface area contributed by atoms with Gasteiger partial charge >= 0.3 is 5.76 Å². The summed E-state index contributed by atoms with van der Waals surface area (Å²) in [6, 6.07) is 7.53. The molecule has 1 aromatic carbocycles. The first-order valence-electron chi connectivity index (χ1n) is 11.1. The number of aromatic nitrogens is 4. The number of nitrogens with zero attached hydrogens (tertiary/aromatic N) is 5. The van der Waals surface area contributed by atoms with Gasteiger partial charge in [-0.2, -0.15) is 5.10 Å². The highest BCUT2D eigenvalue weighted by molar-refractivity contribution is 6.01. The number of carbonyl (C=O) groups excluding carboxylic acids is 3. The lowest BCUT2D eigenvalue weighted by atomic mass is 10.1. The lowest BCUT2D eigenvalue weighted by Crippen LogP contribution is -2.65. The Hall–Kier alpha value is -4.48. The van der Waals surface area contributed by atoms with Crippen LogP contribution in [0.5, 0.6) is 0 Å². The molecule has 0 aliphatic carbocycles. The second-order valence-electron chi connectivity index (χ2n) is 8.65.